The number of pyridine rings is 1. The largest absolute Gasteiger partial charge is 0.465 e. The topological polar surface area (TPSA) is 109 Å². The maximum atomic E-state index is 10.5. The van der Waals surface area contributed by atoms with Gasteiger partial charge < -0.3 is 25.4 Å². The number of carboxylic acid groups (broad SMARTS) is 1. The highest BCUT2D eigenvalue weighted by Gasteiger charge is 2.21. The summed E-state index contributed by atoms with van der Waals surface area (Å²) in [4.78, 5) is 26.3. The second-order valence-corrected chi connectivity index (χ2v) is 4.75. The van der Waals surface area contributed by atoms with Crippen LogP contribution in [0, 0.1) is 16.0 Å². The number of nitro groups is 1. The molecule has 1 amide bonds. The van der Waals surface area contributed by atoms with Crippen molar-refractivity contribution < 1.29 is 14.8 Å². The molecule has 8 heteroatoms. The summed E-state index contributed by atoms with van der Waals surface area (Å²) in [5, 5.41) is 21.5. The van der Waals surface area contributed by atoms with Gasteiger partial charge >= 0.3 is 11.9 Å². The minimum absolute atomic E-state index is 0.158. The molecule has 1 aromatic heterocycles. The predicted molar refractivity (Wildman–Crippen MR) is 71.9 cm³/mol. The average Bonchev–Trinajstić information content (AvgIpc) is 2.46. The van der Waals surface area contributed by atoms with E-state index in [-0.39, 0.29) is 5.82 Å². The van der Waals surface area contributed by atoms with Crippen molar-refractivity contribution in [3.05, 3.63) is 28.4 Å². The lowest BCUT2D eigenvalue weighted by atomic mass is 9.96. The Morgan fingerprint density at radius 3 is 2.70 bits per heavy atom. The van der Waals surface area contributed by atoms with Crippen molar-refractivity contribution in [3.63, 3.8) is 0 Å². The second-order valence-electron chi connectivity index (χ2n) is 4.75. The molecule has 0 saturated carbocycles. The van der Waals surface area contributed by atoms with Crippen molar-refractivity contribution in [2.45, 2.75) is 12.8 Å². The van der Waals surface area contributed by atoms with E-state index in [1.165, 1.54) is 12.3 Å². The third kappa shape index (κ3) is 3.56. The van der Waals surface area contributed by atoms with Crippen LogP contribution in [0.2, 0.25) is 0 Å². The standard InChI is InChI=1S/C12H16N4O4/c17-12(18)14-7-9-3-5-15(6-4-9)10-1-2-11(13-8-10)16(19)20/h1-2,8-9,14H,3-7H2,(H,17,18). The average molecular weight is 280 g/mol. The van der Waals surface area contributed by atoms with Crippen molar-refractivity contribution in [3.8, 4) is 0 Å². The molecule has 0 aromatic carbocycles. The lowest BCUT2D eigenvalue weighted by Gasteiger charge is -2.32. The number of aromatic nitrogens is 1. The first-order valence-corrected chi connectivity index (χ1v) is 6.38. The van der Waals surface area contributed by atoms with E-state index in [9.17, 15) is 14.9 Å². The molecule has 20 heavy (non-hydrogen) atoms. The Kier molecular flexibility index (Phi) is 4.34. The molecular weight excluding hydrogens is 264 g/mol. The van der Waals surface area contributed by atoms with Crippen LogP contribution in [0.4, 0.5) is 16.3 Å². The van der Waals surface area contributed by atoms with Gasteiger partial charge in [0.2, 0.25) is 0 Å². The molecule has 0 atom stereocenters. The van der Waals surface area contributed by atoms with E-state index in [0.29, 0.717) is 12.5 Å². The Balaban J connectivity index is 1.87. The van der Waals surface area contributed by atoms with Crippen LogP contribution in [-0.4, -0.2) is 40.7 Å². The fourth-order valence-corrected chi connectivity index (χ4v) is 2.30. The van der Waals surface area contributed by atoms with Crippen molar-refractivity contribution in [1.82, 2.24) is 10.3 Å². The number of rotatable bonds is 4. The summed E-state index contributed by atoms with van der Waals surface area (Å²) in [5.41, 5.74) is 0.861. The van der Waals surface area contributed by atoms with Crippen LogP contribution >= 0.6 is 0 Å². The molecule has 2 N–H and O–H groups in total. The molecule has 2 rings (SSSR count). The van der Waals surface area contributed by atoms with Gasteiger partial charge in [0, 0.05) is 25.7 Å². The number of hydrogen-bond acceptors (Lipinski definition) is 5. The van der Waals surface area contributed by atoms with Crippen molar-refractivity contribution in [1.29, 1.82) is 0 Å². The highest BCUT2D eigenvalue weighted by molar-refractivity contribution is 5.64. The van der Waals surface area contributed by atoms with Crippen molar-refractivity contribution in [2.75, 3.05) is 24.5 Å². The second kappa shape index (κ2) is 6.18. The van der Waals surface area contributed by atoms with Gasteiger partial charge in [-0.15, -0.1) is 0 Å². The van der Waals surface area contributed by atoms with Gasteiger partial charge in [-0.1, -0.05) is 0 Å². The summed E-state index contributed by atoms with van der Waals surface area (Å²) in [6.45, 7) is 2.07. The third-order valence-electron chi connectivity index (χ3n) is 3.44. The number of anilines is 1. The molecule has 0 spiro atoms. The zero-order valence-electron chi connectivity index (χ0n) is 10.9. The van der Waals surface area contributed by atoms with Crippen LogP contribution in [0.5, 0.6) is 0 Å². The Morgan fingerprint density at radius 1 is 1.50 bits per heavy atom. The molecule has 1 fully saturated rings. The molecule has 1 aliphatic rings. The fourth-order valence-electron chi connectivity index (χ4n) is 2.30. The molecule has 108 valence electrons. The highest BCUT2D eigenvalue weighted by atomic mass is 16.6. The molecule has 1 aromatic rings. The Bertz CT molecular complexity index is 483. The lowest BCUT2D eigenvalue weighted by Crippen LogP contribution is -2.38. The van der Waals surface area contributed by atoms with Crippen molar-refractivity contribution >= 4 is 17.6 Å². The van der Waals surface area contributed by atoms with E-state index in [1.807, 2.05) is 0 Å². The first-order chi connectivity index (χ1) is 9.56. The van der Waals surface area contributed by atoms with Gasteiger partial charge in [0.15, 0.2) is 6.20 Å². The van der Waals surface area contributed by atoms with E-state index in [1.54, 1.807) is 6.07 Å². The maximum absolute atomic E-state index is 10.5. The van der Waals surface area contributed by atoms with E-state index in [4.69, 9.17) is 5.11 Å². The molecule has 1 aliphatic heterocycles. The zero-order valence-corrected chi connectivity index (χ0v) is 10.9. The molecule has 0 aliphatic carbocycles. The maximum Gasteiger partial charge on any atom is 0.404 e. The van der Waals surface area contributed by atoms with Gasteiger partial charge in [0.25, 0.3) is 0 Å². The molecule has 0 bridgehead atoms. The van der Waals surface area contributed by atoms with Crippen LogP contribution in [0.25, 0.3) is 0 Å². The molecular formula is C12H16N4O4. The smallest absolute Gasteiger partial charge is 0.404 e. The number of amides is 1. The van der Waals surface area contributed by atoms with Gasteiger partial charge in [-0.3, -0.25) is 0 Å². The summed E-state index contributed by atoms with van der Waals surface area (Å²) in [6, 6.07) is 3.09. The predicted octanol–water partition coefficient (Wildman–Crippen LogP) is 1.47. The van der Waals surface area contributed by atoms with Gasteiger partial charge in [-0.25, -0.2) is 4.79 Å². The number of nitrogens with one attached hydrogen (secondary N) is 1. The van der Waals surface area contributed by atoms with E-state index >= 15 is 0 Å². The SMILES string of the molecule is O=C(O)NCC1CCN(c2ccc([N+](=O)[O-])nc2)CC1. The monoisotopic (exact) mass is 280 g/mol. The summed E-state index contributed by atoms with van der Waals surface area (Å²) >= 11 is 0. The highest BCUT2D eigenvalue weighted by Crippen LogP contribution is 2.23. The van der Waals surface area contributed by atoms with Gasteiger partial charge in [0.05, 0.1) is 5.69 Å². The number of nitrogens with zero attached hydrogens (tertiary/aromatic N) is 3. The van der Waals surface area contributed by atoms with Crippen LogP contribution in [-0.2, 0) is 0 Å². The van der Waals surface area contributed by atoms with E-state index in [2.05, 4.69) is 15.2 Å². The number of piperidine rings is 1. The van der Waals surface area contributed by atoms with E-state index < -0.39 is 11.0 Å². The first-order valence-electron chi connectivity index (χ1n) is 6.38. The minimum Gasteiger partial charge on any atom is -0.465 e. The zero-order chi connectivity index (χ0) is 14.5. The third-order valence-corrected chi connectivity index (χ3v) is 3.44. The van der Waals surface area contributed by atoms with Gasteiger partial charge in [-0.05, 0) is 34.7 Å². The summed E-state index contributed by atoms with van der Waals surface area (Å²) in [6.07, 6.45) is 2.29. The molecule has 8 nitrogen and oxygen atoms in total. The van der Waals surface area contributed by atoms with Crippen molar-refractivity contribution in [2.24, 2.45) is 5.92 Å². The molecule has 0 radical (unpaired) electrons. The van der Waals surface area contributed by atoms with Gasteiger partial charge in [-0.2, -0.15) is 0 Å². The van der Waals surface area contributed by atoms with Crippen LogP contribution in [0.15, 0.2) is 18.3 Å². The van der Waals surface area contributed by atoms with Crippen LogP contribution < -0.4 is 10.2 Å². The fraction of sp³-hybridized carbons (Fsp3) is 0.500. The van der Waals surface area contributed by atoms with Gasteiger partial charge in [0.1, 0.15) is 0 Å². The molecule has 0 unspecified atom stereocenters. The molecule has 1 saturated heterocycles. The number of carbonyl (C=O) groups is 1. The minimum atomic E-state index is -0.994. The lowest BCUT2D eigenvalue weighted by molar-refractivity contribution is -0.389. The first kappa shape index (κ1) is 14.0. The Hall–Kier alpha value is -2.38. The Morgan fingerprint density at radius 2 is 2.20 bits per heavy atom. The summed E-state index contributed by atoms with van der Waals surface area (Å²) in [5.74, 6) is 0.183. The van der Waals surface area contributed by atoms with Crippen LogP contribution in [0.3, 0.4) is 0 Å². The van der Waals surface area contributed by atoms with E-state index in [0.717, 1.165) is 31.6 Å². The Labute approximate surface area is 115 Å². The summed E-state index contributed by atoms with van der Waals surface area (Å²) in [7, 11) is 0. The normalized spacial score (nSPS) is 15.9. The quantitative estimate of drug-likeness (QED) is 0.638. The van der Waals surface area contributed by atoms with Crippen LogP contribution in [0.1, 0.15) is 12.8 Å². The molecule has 2 heterocycles. The number of hydrogen-bond donors (Lipinski definition) is 2. The summed E-state index contributed by atoms with van der Waals surface area (Å²) < 4.78 is 0.